The van der Waals surface area contributed by atoms with E-state index in [0.717, 1.165) is 17.7 Å². The molecule has 32 heavy (non-hydrogen) atoms. The third-order valence-electron chi connectivity index (χ3n) is 4.88. The molecule has 5 N–H and O–H groups in total. The van der Waals surface area contributed by atoms with Crippen molar-refractivity contribution in [2.75, 3.05) is 0 Å². The molecule has 1 aliphatic rings. The molecule has 1 heterocycles. The van der Waals surface area contributed by atoms with Crippen LogP contribution in [0.4, 0.5) is 5.69 Å². The molecule has 0 radical (unpaired) electrons. The molecule has 0 aliphatic carbocycles. The van der Waals surface area contributed by atoms with Gasteiger partial charge < -0.3 is 35.0 Å². The monoisotopic (exact) mass is 449 g/mol. The number of aliphatic hydroxyl groups is 3. The molecule has 2 aromatic carbocycles. The van der Waals surface area contributed by atoms with Crippen LogP contribution in [0, 0.1) is 17.0 Å². The van der Waals surface area contributed by atoms with Crippen molar-refractivity contribution in [3.63, 3.8) is 0 Å². The smallest absolute Gasteiger partial charge is 0.335 e. The number of nitro benzene ring substituents is 1. The largest absolute Gasteiger partial charge is 0.500 e. The van der Waals surface area contributed by atoms with Crippen molar-refractivity contribution in [2.24, 2.45) is 0 Å². The van der Waals surface area contributed by atoms with Crippen molar-refractivity contribution < 1.29 is 49.5 Å². The molecule has 2 aromatic rings. The zero-order valence-corrected chi connectivity index (χ0v) is 16.5. The van der Waals surface area contributed by atoms with Crippen molar-refractivity contribution in [1.82, 2.24) is 0 Å². The second-order valence-electron chi connectivity index (χ2n) is 7.15. The molecule has 12 nitrogen and oxygen atoms in total. The number of phenols is 1. The van der Waals surface area contributed by atoms with E-state index in [9.17, 15) is 40.1 Å². The average molecular weight is 449 g/mol. The number of phenolic OH excluding ortho intramolecular Hbond substituents is 1. The number of nitro groups is 1. The van der Waals surface area contributed by atoms with Crippen LogP contribution in [0.1, 0.15) is 21.5 Å². The van der Waals surface area contributed by atoms with Gasteiger partial charge in [0.25, 0.3) is 0 Å². The standard InChI is InChI=1S/C20H19NO11/c1-8-2-4-9(5-3-8)13(22)10-6-11(21(29)30)14(23)12(7-10)31-20-17(26)15(24)16(25)18(32-20)19(27)28/h2-7,15-18,20,23-26H,1H3,(H,27,28)/t15-,16-,17+,18-,20+/m0/s1. The van der Waals surface area contributed by atoms with Gasteiger partial charge in [-0.25, -0.2) is 4.79 Å². The Morgan fingerprint density at radius 3 is 2.22 bits per heavy atom. The molecule has 3 rings (SSSR count). The molecular formula is C20H19NO11. The summed E-state index contributed by atoms with van der Waals surface area (Å²) in [5.74, 6) is -4.00. The first-order valence-corrected chi connectivity index (χ1v) is 9.23. The number of carboxylic acids is 1. The SMILES string of the molecule is Cc1ccc(C(=O)c2cc(O[C@@H]3O[C@H](C(=O)O)[C@@H](O)[C@H](O)[C@H]3O)c(O)c([N+](=O)[O-])c2)cc1. The van der Waals surface area contributed by atoms with E-state index in [1.807, 2.05) is 0 Å². The highest BCUT2D eigenvalue weighted by Crippen LogP contribution is 2.39. The fourth-order valence-corrected chi connectivity index (χ4v) is 3.10. The van der Waals surface area contributed by atoms with Crippen LogP contribution in [-0.4, -0.2) is 72.9 Å². The minimum atomic E-state index is -2.00. The van der Waals surface area contributed by atoms with Gasteiger partial charge in [-0.3, -0.25) is 14.9 Å². The van der Waals surface area contributed by atoms with Gasteiger partial charge in [0, 0.05) is 17.2 Å². The number of hydrogen-bond acceptors (Lipinski definition) is 10. The summed E-state index contributed by atoms with van der Waals surface area (Å²) in [7, 11) is 0. The van der Waals surface area contributed by atoms with E-state index in [0.29, 0.717) is 0 Å². The minimum absolute atomic E-state index is 0.194. The van der Waals surface area contributed by atoms with Crippen molar-refractivity contribution in [3.8, 4) is 11.5 Å². The van der Waals surface area contributed by atoms with E-state index in [1.165, 1.54) is 12.1 Å². The van der Waals surface area contributed by atoms with E-state index in [1.54, 1.807) is 19.1 Å². The van der Waals surface area contributed by atoms with E-state index in [4.69, 9.17) is 14.6 Å². The lowest BCUT2D eigenvalue weighted by Gasteiger charge is -2.38. The number of aliphatic hydroxyl groups excluding tert-OH is 3. The maximum absolute atomic E-state index is 12.8. The molecular weight excluding hydrogens is 430 g/mol. The summed E-state index contributed by atoms with van der Waals surface area (Å²) in [4.78, 5) is 34.4. The number of ketones is 1. The molecule has 5 atom stereocenters. The molecule has 0 unspecified atom stereocenters. The lowest BCUT2D eigenvalue weighted by molar-refractivity contribution is -0.386. The number of nitrogens with zero attached hydrogens (tertiary/aromatic N) is 1. The lowest BCUT2D eigenvalue weighted by Crippen LogP contribution is -2.61. The van der Waals surface area contributed by atoms with E-state index in [-0.39, 0.29) is 11.1 Å². The molecule has 12 heteroatoms. The first-order valence-electron chi connectivity index (χ1n) is 9.23. The number of aromatic hydroxyl groups is 1. The van der Waals surface area contributed by atoms with Crippen LogP contribution < -0.4 is 4.74 Å². The fourth-order valence-electron chi connectivity index (χ4n) is 3.10. The minimum Gasteiger partial charge on any atom is -0.500 e. The average Bonchev–Trinajstić information content (AvgIpc) is 2.74. The van der Waals surface area contributed by atoms with Crippen LogP contribution in [0.5, 0.6) is 11.5 Å². The molecule has 1 aliphatic heterocycles. The summed E-state index contributed by atoms with van der Waals surface area (Å²) in [5, 5.41) is 60.4. The number of carbonyl (C=O) groups is 2. The second kappa shape index (κ2) is 8.88. The fraction of sp³-hybridized carbons (Fsp3) is 0.300. The maximum atomic E-state index is 12.8. The molecule has 1 saturated heterocycles. The maximum Gasteiger partial charge on any atom is 0.335 e. The number of rotatable bonds is 6. The Labute approximate surface area is 180 Å². The summed E-state index contributed by atoms with van der Waals surface area (Å²) >= 11 is 0. The summed E-state index contributed by atoms with van der Waals surface area (Å²) in [6.07, 6.45) is -9.89. The molecule has 1 fully saturated rings. The quantitative estimate of drug-likeness (QED) is 0.228. The number of hydrogen-bond donors (Lipinski definition) is 5. The van der Waals surface area contributed by atoms with Crippen molar-refractivity contribution in [3.05, 3.63) is 63.2 Å². The highest BCUT2D eigenvalue weighted by molar-refractivity contribution is 6.09. The van der Waals surface area contributed by atoms with E-state index >= 15 is 0 Å². The van der Waals surface area contributed by atoms with Crippen LogP contribution >= 0.6 is 0 Å². The third-order valence-corrected chi connectivity index (χ3v) is 4.88. The Kier molecular flexibility index (Phi) is 6.41. The Morgan fingerprint density at radius 1 is 1.03 bits per heavy atom. The normalized spacial score (nSPS) is 25.2. The van der Waals surface area contributed by atoms with Crippen LogP contribution in [0.15, 0.2) is 36.4 Å². The zero-order chi connectivity index (χ0) is 23.7. The van der Waals surface area contributed by atoms with Gasteiger partial charge in [0.05, 0.1) is 4.92 Å². The molecule has 0 amide bonds. The Morgan fingerprint density at radius 2 is 1.66 bits per heavy atom. The van der Waals surface area contributed by atoms with Gasteiger partial charge in [0.1, 0.15) is 18.3 Å². The van der Waals surface area contributed by atoms with Gasteiger partial charge in [0.15, 0.2) is 17.6 Å². The molecule has 0 bridgehead atoms. The first-order chi connectivity index (χ1) is 15.0. The van der Waals surface area contributed by atoms with Crippen molar-refractivity contribution >= 4 is 17.4 Å². The summed E-state index contributed by atoms with van der Waals surface area (Å²) in [6, 6.07) is 8.10. The van der Waals surface area contributed by atoms with Gasteiger partial charge in [0.2, 0.25) is 12.0 Å². The van der Waals surface area contributed by atoms with Crippen LogP contribution in [0.25, 0.3) is 0 Å². The number of aryl methyl sites for hydroxylation is 1. The predicted octanol–water partition coefficient (Wildman–Crippen LogP) is 0.111. The van der Waals surface area contributed by atoms with Crippen LogP contribution in [0.2, 0.25) is 0 Å². The van der Waals surface area contributed by atoms with Gasteiger partial charge in [-0.05, 0) is 13.0 Å². The predicted molar refractivity (Wildman–Crippen MR) is 104 cm³/mol. The summed E-state index contributed by atoms with van der Waals surface area (Å²) < 4.78 is 10.2. The number of aliphatic carboxylic acids is 1. The van der Waals surface area contributed by atoms with E-state index < -0.39 is 64.6 Å². The summed E-state index contributed by atoms with van der Waals surface area (Å²) in [5.41, 5.74) is -0.0629. The number of ether oxygens (including phenoxy) is 2. The Balaban J connectivity index is 2.00. The number of carbonyl (C=O) groups excluding carboxylic acids is 1. The van der Waals surface area contributed by atoms with Crippen molar-refractivity contribution in [1.29, 1.82) is 0 Å². The van der Waals surface area contributed by atoms with Gasteiger partial charge in [-0.15, -0.1) is 0 Å². The highest BCUT2D eigenvalue weighted by atomic mass is 16.7. The molecule has 0 aromatic heterocycles. The Bertz CT molecular complexity index is 1050. The second-order valence-corrected chi connectivity index (χ2v) is 7.15. The zero-order valence-electron chi connectivity index (χ0n) is 16.5. The van der Waals surface area contributed by atoms with Gasteiger partial charge in [-0.1, -0.05) is 29.8 Å². The van der Waals surface area contributed by atoms with Gasteiger partial charge >= 0.3 is 11.7 Å². The molecule has 0 spiro atoms. The Hall–Kier alpha value is -3.58. The number of carboxylic acid groups (broad SMARTS) is 1. The summed E-state index contributed by atoms with van der Waals surface area (Å²) in [6.45, 7) is 1.80. The molecule has 0 saturated carbocycles. The lowest BCUT2D eigenvalue weighted by atomic mass is 9.99. The van der Waals surface area contributed by atoms with E-state index in [2.05, 4.69) is 0 Å². The van der Waals surface area contributed by atoms with Crippen molar-refractivity contribution in [2.45, 2.75) is 37.6 Å². The first kappa shape index (κ1) is 23.1. The third kappa shape index (κ3) is 4.38. The molecule has 170 valence electrons. The number of benzene rings is 2. The highest BCUT2D eigenvalue weighted by Gasteiger charge is 2.48. The van der Waals surface area contributed by atoms with Gasteiger partial charge in [-0.2, -0.15) is 0 Å². The van der Waals surface area contributed by atoms with Crippen LogP contribution in [-0.2, 0) is 9.53 Å². The van der Waals surface area contributed by atoms with Crippen LogP contribution in [0.3, 0.4) is 0 Å². The topological polar surface area (TPSA) is 197 Å².